The number of esters is 1. The third kappa shape index (κ3) is 11.2. The second kappa shape index (κ2) is 10.1. The number of Topliss-reactive ketones (excluding diaryl/α,β-unsaturated/α-hetero) is 1. The first-order chi connectivity index (χ1) is 8.06. The van der Waals surface area contributed by atoms with Crippen LogP contribution in [0.15, 0.2) is 0 Å². The van der Waals surface area contributed by atoms with Gasteiger partial charge in [0.2, 0.25) is 5.91 Å². The summed E-state index contributed by atoms with van der Waals surface area (Å²) in [6.45, 7) is 1.66. The Bertz CT molecular complexity index is 268. The van der Waals surface area contributed by atoms with E-state index in [1.807, 2.05) is 0 Å². The number of carbonyl (C=O) groups excluding carboxylic acids is 3. The van der Waals surface area contributed by atoms with Gasteiger partial charge < -0.3 is 14.8 Å². The van der Waals surface area contributed by atoms with Crippen LogP contribution in [0.5, 0.6) is 0 Å². The highest BCUT2D eigenvalue weighted by Crippen LogP contribution is 2.00. The predicted molar refractivity (Wildman–Crippen MR) is 67.0 cm³/mol. The number of thiol groups is 1. The minimum Gasteiger partial charge on any atom is -0.464 e. The molecular weight excluding hydrogens is 242 g/mol. The Kier molecular flexibility index (Phi) is 9.52. The van der Waals surface area contributed by atoms with Gasteiger partial charge in [0.15, 0.2) is 0 Å². The van der Waals surface area contributed by atoms with Crippen molar-refractivity contribution in [3.63, 3.8) is 0 Å². The Morgan fingerprint density at radius 1 is 1.18 bits per heavy atom. The molecule has 0 aromatic carbocycles. The minimum atomic E-state index is -0.462. The highest BCUT2D eigenvalue weighted by atomic mass is 32.1. The van der Waals surface area contributed by atoms with Crippen LogP contribution in [0.2, 0.25) is 0 Å². The summed E-state index contributed by atoms with van der Waals surface area (Å²) in [6, 6.07) is 0. The van der Waals surface area contributed by atoms with Gasteiger partial charge in [0.25, 0.3) is 0 Å². The van der Waals surface area contributed by atoms with E-state index in [0.717, 1.165) is 0 Å². The first-order valence-electron chi connectivity index (χ1n) is 5.59. The molecular formula is C11H19NO4S. The van der Waals surface area contributed by atoms with Gasteiger partial charge in [-0.25, -0.2) is 0 Å². The molecule has 0 radical (unpaired) electrons. The first-order valence-corrected chi connectivity index (χ1v) is 6.22. The van der Waals surface area contributed by atoms with E-state index in [2.05, 4.69) is 17.9 Å². The predicted octanol–water partition coefficient (Wildman–Crippen LogP) is 0.725. The molecule has 0 atom stereocenters. The largest absolute Gasteiger partial charge is 0.464 e. The Labute approximate surface area is 107 Å². The Hall–Kier alpha value is -1.04. The fourth-order valence-electron chi connectivity index (χ4n) is 1.13. The van der Waals surface area contributed by atoms with E-state index in [-0.39, 0.29) is 24.8 Å². The van der Waals surface area contributed by atoms with Gasteiger partial charge in [0, 0.05) is 18.6 Å². The van der Waals surface area contributed by atoms with Gasteiger partial charge in [-0.1, -0.05) is 0 Å². The smallest absolute Gasteiger partial charge is 0.325 e. The van der Waals surface area contributed by atoms with E-state index in [1.165, 1.54) is 6.92 Å². The molecule has 17 heavy (non-hydrogen) atoms. The fraction of sp³-hybridized carbons (Fsp3) is 0.727. The van der Waals surface area contributed by atoms with Crippen molar-refractivity contribution in [3.05, 3.63) is 0 Å². The number of nitrogens with one attached hydrogen (secondary N) is 1. The SMILES string of the molecule is CC(=O)CCCCC(=O)NCC(=O)OCCS. The molecule has 98 valence electrons. The van der Waals surface area contributed by atoms with Gasteiger partial charge in [-0.2, -0.15) is 12.6 Å². The van der Waals surface area contributed by atoms with Crippen LogP contribution in [0.3, 0.4) is 0 Å². The molecule has 0 spiro atoms. The third-order valence-corrected chi connectivity index (χ3v) is 2.15. The van der Waals surface area contributed by atoms with Gasteiger partial charge in [-0.15, -0.1) is 0 Å². The molecule has 6 heteroatoms. The Morgan fingerprint density at radius 3 is 2.41 bits per heavy atom. The van der Waals surface area contributed by atoms with Gasteiger partial charge >= 0.3 is 5.97 Å². The van der Waals surface area contributed by atoms with Crippen LogP contribution in [-0.2, 0) is 19.1 Å². The molecule has 0 bridgehead atoms. The first kappa shape index (κ1) is 16.0. The van der Waals surface area contributed by atoms with Gasteiger partial charge in [0.05, 0.1) is 0 Å². The second-order valence-electron chi connectivity index (χ2n) is 3.63. The number of ether oxygens (including phenoxy) is 1. The van der Waals surface area contributed by atoms with E-state index in [1.54, 1.807) is 0 Å². The zero-order chi connectivity index (χ0) is 13.1. The van der Waals surface area contributed by atoms with E-state index >= 15 is 0 Å². The molecule has 0 aromatic heterocycles. The van der Waals surface area contributed by atoms with Gasteiger partial charge in [-0.3, -0.25) is 9.59 Å². The maximum Gasteiger partial charge on any atom is 0.325 e. The summed E-state index contributed by atoms with van der Waals surface area (Å²) in [7, 11) is 0. The molecule has 0 fully saturated rings. The lowest BCUT2D eigenvalue weighted by atomic mass is 10.1. The number of rotatable bonds is 9. The van der Waals surface area contributed by atoms with Crippen LogP contribution < -0.4 is 5.32 Å². The summed E-state index contributed by atoms with van der Waals surface area (Å²) in [4.78, 5) is 32.9. The fourth-order valence-corrected chi connectivity index (χ4v) is 1.22. The number of hydrogen-bond acceptors (Lipinski definition) is 5. The molecule has 0 saturated heterocycles. The molecule has 0 unspecified atom stereocenters. The number of unbranched alkanes of at least 4 members (excludes halogenated alkanes) is 1. The highest BCUT2D eigenvalue weighted by molar-refractivity contribution is 7.80. The lowest BCUT2D eigenvalue weighted by Crippen LogP contribution is -2.30. The number of ketones is 1. The lowest BCUT2D eigenvalue weighted by Gasteiger charge is -2.05. The Balaban J connectivity index is 3.46. The molecule has 5 nitrogen and oxygen atoms in total. The standard InChI is InChI=1S/C11H19NO4S/c1-9(13)4-2-3-5-10(14)12-8-11(15)16-6-7-17/h17H,2-8H2,1H3,(H,12,14). The summed E-state index contributed by atoms with van der Waals surface area (Å²) < 4.78 is 4.72. The van der Waals surface area contributed by atoms with Crippen LogP contribution in [0.4, 0.5) is 0 Å². The zero-order valence-corrected chi connectivity index (χ0v) is 10.9. The summed E-state index contributed by atoms with van der Waals surface area (Å²) in [5.41, 5.74) is 0. The third-order valence-electron chi connectivity index (χ3n) is 1.97. The van der Waals surface area contributed by atoms with Crippen LogP contribution in [0, 0.1) is 0 Å². The molecule has 1 amide bonds. The van der Waals surface area contributed by atoms with Crippen molar-refractivity contribution in [2.24, 2.45) is 0 Å². The van der Waals surface area contributed by atoms with Crippen molar-refractivity contribution in [3.8, 4) is 0 Å². The molecule has 0 aliphatic rings. The molecule has 0 aromatic rings. The van der Waals surface area contributed by atoms with Crippen LogP contribution >= 0.6 is 12.6 Å². The summed E-state index contributed by atoms with van der Waals surface area (Å²) >= 11 is 3.89. The van der Waals surface area contributed by atoms with E-state index in [4.69, 9.17) is 4.74 Å². The molecule has 0 heterocycles. The molecule has 1 N–H and O–H groups in total. The highest BCUT2D eigenvalue weighted by Gasteiger charge is 2.06. The van der Waals surface area contributed by atoms with Crippen molar-refractivity contribution in [2.75, 3.05) is 18.9 Å². The molecule has 0 aliphatic heterocycles. The van der Waals surface area contributed by atoms with E-state index < -0.39 is 5.97 Å². The van der Waals surface area contributed by atoms with Gasteiger partial charge in [-0.05, 0) is 19.8 Å². The summed E-state index contributed by atoms with van der Waals surface area (Å²) in [5, 5.41) is 2.46. The maximum absolute atomic E-state index is 11.2. The van der Waals surface area contributed by atoms with Crippen LogP contribution in [0.25, 0.3) is 0 Å². The van der Waals surface area contributed by atoms with Crippen LogP contribution in [-0.4, -0.2) is 36.6 Å². The van der Waals surface area contributed by atoms with Gasteiger partial charge in [0.1, 0.15) is 18.9 Å². The van der Waals surface area contributed by atoms with Crippen molar-refractivity contribution in [1.82, 2.24) is 5.32 Å². The number of carbonyl (C=O) groups is 3. The van der Waals surface area contributed by atoms with Crippen LogP contribution in [0.1, 0.15) is 32.6 Å². The second-order valence-corrected chi connectivity index (χ2v) is 4.08. The quantitative estimate of drug-likeness (QED) is 0.364. The summed E-state index contributed by atoms with van der Waals surface area (Å²) in [6.07, 6.45) is 2.17. The molecule has 0 rings (SSSR count). The Morgan fingerprint density at radius 2 is 1.82 bits per heavy atom. The summed E-state index contributed by atoms with van der Waals surface area (Å²) in [5.74, 6) is -0.0710. The monoisotopic (exact) mass is 261 g/mol. The normalized spacial score (nSPS) is 9.76. The average molecular weight is 261 g/mol. The number of hydrogen-bond donors (Lipinski definition) is 2. The van der Waals surface area contributed by atoms with Crippen molar-refractivity contribution in [1.29, 1.82) is 0 Å². The maximum atomic E-state index is 11.2. The zero-order valence-electron chi connectivity index (χ0n) is 10.0. The van der Waals surface area contributed by atoms with E-state index in [9.17, 15) is 14.4 Å². The topological polar surface area (TPSA) is 72.5 Å². The minimum absolute atomic E-state index is 0.112. The van der Waals surface area contributed by atoms with Crippen molar-refractivity contribution in [2.45, 2.75) is 32.6 Å². The van der Waals surface area contributed by atoms with Crippen molar-refractivity contribution < 1.29 is 19.1 Å². The molecule has 0 aliphatic carbocycles. The lowest BCUT2D eigenvalue weighted by molar-refractivity contribution is -0.143. The van der Waals surface area contributed by atoms with Crippen molar-refractivity contribution >= 4 is 30.3 Å². The van der Waals surface area contributed by atoms with E-state index in [0.29, 0.717) is 31.4 Å². The molecule has 0 saturated carbocycles. The average Bonchev–Trinajstić information content (AvgIpc) is 2.29. The number of amides is 1.